The molecule has 0 saturated heterocycles. The number of aryl methyl sites for hydroxylation is 1. The lowest BCUT2D eigenvalue weighted by Crippen LogP contribution is -2.14. The molecular formula is C14H16ClN3. The van der Waals surface area contributed by atoms with Crippen LogP contribution in [-0.2, 0) is 6.42 Å². The summed E-state index contributed by atoms with van der Waals surface area (Å²) in [6.07, 6.45) is 2.53. The lowest BCUT2D eigenvalue weighted by Gasteiger charge is -2.15. The molecule has 4 N–H and O–H groups in total. The van der Waals surface area contributed by atoms with Gasteiger partial charge in [-0.1, -0.05) is 42.8 Å². The summed E-state index contributed by atoms with van der Waals surface area (Å²) in [5.41, 5.74) is 15.1. The van der Waals surface area contributed by atoms with Crippen molar-refractivity contribution in [3.63, 3.8) is 0 Å². The van der Waals surface area contributed by atoms with E-state index in [-0.39, 0.29) is 6.04 Å². The maximum Gasteiger partial charge on any atom is 0.128 e. The first-order valence-corrected chi connectivity index (χ1v) is 6.25. The second-order valence-electron chi connectivity index (χ2n) is 4.20. The van der Waals surface area contributed by atoms with Gasteiger partial charge in [0.25, 0.3) is 0 Å². The number of nitrogens with zero attached hydrogens (tertiary/aromatic N) is 1. The van der Waals surface area contributed by atoms with Gasteiger partial charge in [-0.15, -0.1) is 0 Å². The van der Waals surface area contributed by atoms with E-state index < -0.39 is 0 Å². The molecule has 1 heterocycles. The number of benzene rings is 1. The Labute approximate surface area is 112 Å². The van der Waals surface area contributed by atoms with Gasteiger partial charge in [-0.3, -0.25) is 0 Å². The fraction of sp³-hybridized carbons (Fsp3) is 0.214. The van der Waals surface area contributed by atoms with E-state index in [1.165, 1.54) is 11.8 Å². The summed E-state index contributed by atoms with van der Waals surface area (Å²) >= 11 is 5.92. The van der Waals surface area contributed by atoms with Gasteiger partial charge in [0.05, 0.1) is 11.1 Å². The molecule has 2 rings (SSSR count). The van der Waals surface area contributed by atoms with Crippen LogP contribution in [0, 0.1) is 0 Å². The van der Waals surface area contributed by atoms with E-state index in [0.717, 1.165) is 17.5 Å². The number of anilines is 1. The van der Waals surface area contributed by atoms with Crippen molar-refractivity contribution in [2.24, 2.45) is 5.73 Å². The zero-order chi connectivity index (χ0) is 13.1. The number of aromatic nitrogens is 1. The lowest BCUT2D eigenvalue weighted by molar-refractivity contribution is 0.866. The fourth-order valence-corrected chi connectivity index (χ4v) is 2.02. The molecule has 0 spiro atoms. The van der Waals surface area contributed by atoms with Crippen molar-refractivity contribution >= 4 is 17.4 Å². The summed E-state index contributed by atoms with van der Waals surface area (Å²) in [5, 5.41) is 0.542. The molecule has 0 bridgehead atoms. The van der Waals surface area contributed by atoms with Crippen molar-refractivity contribution in [3.8, 4) is 0 Å². The van der Waals surface area contributed by atoms with Crippen LogP contribution in [0.15, 0.2) is 36.5 Å². The van der Waals surface area contributed by atoms with E-state index in [4.69, 9.17) is 23.1 Å². The molecule has 0 aliphatic carbocycles. The highest BCUT2D eigenvalue weighted by atomic mass is 35.5. The molecule has 3 nitrogen and oxygen atoms in total. The van der Waals surface area contributed by atoms with Gasteiger partial charge in [0.2, 0.25) is 0 Å². The third-order valence-corrected chi connectivity index (χ3v) is 3.20. The van der Waals surface area contributed by atoms with Crippen molar-refractivity contribution in [1.82, 2.24) is 4.98 Å². The van der Waals surface area contributed by atoms with Crippen molar-refractivity contribution in [1.29, 1.82) is 0 Å². The second kappa shape index (κ2) is 5.38. The first kappa shape index (κ1) is 12.9. The van der Waals surface area contributed by atoms with Crippen LogP contribution in [0.5, 0.6) is 0 Å². The number of halogens is 1. The fourth-order valence-electron chi connectivity index (χ4n) is 1.85. The Morgan fingerprint density at radius 2 is 1.94 bits per heavy atom. The minimum Gasteiger partial charge on any atom is -0.383 e. The van der Waals surface area contributed by atoms with Gasteiger partial charge in [0.15, 0.2) is 0 Å². The highest BCUT2D eigenvalue weighted by Gasteiger charge is 2.13. The zero-order valence-electron chi connectivity index (χ0n) is 10.2. The summed E-state index contributed by atoms with van der Waals surface area (Å²) in [6, 6.07) is 9.64. The number of hydrogen-bond acceptors (Lipinski definition) is 3. The molecule has 1 unspecified atom stereocenters. The van der Waals surface area contributed by atoms with Crippen LogP contribution >= 0.6 is 11.6 Å². The predicted molar refractivity (Wildman–Crippen MR) is 75.5 cm³/mol. The van der Waals surface area contributed by atoms with Crippen LogP contribution in [0.4, 0.5) is 5.82 Å². The SMILES string of the molecule is CCc1ccc(C(N)c2cc(Cl)cnc2N)cc1. The maximum absolute atomic E-state index is 6.20. The average molecular weight is 262 g/mol. The molecule has 18 heavy (non-hydrogen) atoms. The van der Waals surface area contributed by atoms with Crippen LogP contribution in [0.3, 0.4) is 0 Å². The molecule has 0 saturated carbocycles. The highest BCUT2D eigenvalue weighted by Crippen LogP contribution is 2.26. The van der Waals surface area contributed by atoms with Gasteiger partial charge in [0.1, 0.15) is 5.82 Å². The molecule has 1 aromatic heterocycles. The average Bonchev–Trinajstić information content (AvgIpc) is 2.41. The van der Waals surface area contributed by atoms with Crippen molar-refractivity contribution in [2.75, 3.05) is 5.73 Å². The molecule has 0 amide bonds. The first-order chi connectivity index (χ1) is 8.61. The van der Waals surface area contributed by atoms with Gasteiger partial charge < -0.3 is 11.5 Å². The monoisotopic (exact) mass is 261 g/mol. The minimum atomic E-state index is -0.304. The van der Waals surface area contributed by atoms with E-state index in [1.807, 2.05) is 12.1 Å². The largest absolute Gasteiger partial charge is 0.383 e. The van der Waals surface area contributed by atoms with E-state index in [1.54, 1.807) is 6.07 Å². The van der Waals surface area contributed by atoms with Crippen molar-refractivity contribution in [3.05, 3.63) is 58.2 Å². The first-order valence-electron chi connectivity index (χ1n) is 5.87. The van der Waals surface area contributed by atoms with E-state index in [0.29, 0.717) is 10.8 Å². The number of nitrogen functional groups attached to an aromatic ring is 1. The van der Waals surface area contributed by atoms with E-state index in [9.17, 15) is 0 Å². The Morgan fingerprint density at radius 1 is 1.28 bits per heavy atom. The topological polar surface area (TPSA) is 64.9 Å². The second-order valence-corrected chi connectivity index (χ2v) is 4.64. The Morgan fingerprint density at radius 3 is 2.56 bits per heavy atom. The quantitative estimate of drug-likeness (QED) is 0.893. The van der Waals surface area contributed by atoms with Crippen LogP contribution < -0.4 is 11.5 Å². The van der Waals surface area contributed by atoms with Crippen LogP contribution in [-0.4, -0.2) is 4.98 Å². The molecule has 2 aromatic rings. The minimum absolute atomic E-state index is 0.304. The van der Waals surface area contributed by atoms with Gasteiger partial charge in [-0.2, -0.15) is 0 Å². The standard InChI is InChI=1S/C14H16ClN3/c1-2-9-3-5-10(6-4-9)13(16)12-7-11(15)8-18-14(12)17/h3-8,13H,2,16H2,1H3,(H2,17,18). The summed E-state index contributed by atoms with van der Waals surface area (Å²) in [4.78, 5) is 4.02. The molecule has 1 aromatic carbocycles. The number of hydrogen-bond donors (Lipinski definition) is 2. The molecular weight excluding hydrogens is 246 g/mol. The summed E-state index contributed by atoms with van der Waals surface area (Å²) in [5.74, 6) is 0.423. The number of pyridine rings is 1. The molecule has 0 aliphatic rings. The number of nitrogens with two attached hydrogens (primary N) is 2. The van der Waals surface area contributed by atoms with Crippen molar-refractivity contribution in [2.45, 2.75) is 19.4 Å². The summed E-state index contributed by atoms with van der Waals surface area (Å²) in [7, 11) is 0. The van der Waals surface area contributed by atoms with Crippen LogP contribution in [0.2, 0.25) is 5.02 Å². The smallest absolute Gasteiger partial charge is 0.128 e. The normalized spacial score (nSPS) is 12.4. The molecule has 1 atom stereocenters. The number of rotatable bonds is 3. The lowest BCUT2D eigenvalue weighted by atomic mass is 9.98. The Hall–Kier alpha value is -1.58. The molecule has 94 valence electrons. The Balaban J connectivity index is 2.34. The van der Waals surface area contributed by atoms with Gasteiger partial charge in [-0.25, -0.2) is 4.98 Å². The van der Waals surface area contributed by atoms with Crippen LogP contribution in [0.25, 0.3) is 0 Å². The van der Waals surface area contributed by atoms with Gasteiger partial charge in [0, 0.05) is 11.8 Å². The summed E-state index contributed by atoms with van der Waals surface area (Å²) in [6.45, 7) is 2.12. The highest BCUT2D eigenvalue weighted by molar-refractivity contribution is 6.30. The molecule has 0 radical (unpaired) electrons. The Bertz CT molecular complexity index is 537. The van der Waals surface area contributed by atoms with E-state index >= 15 is 0 Å². The molecule has 0 fully saturated rings. The van der Waals surface area contributed by atoms with Crippen LogP contribution in [0.1, 0.15) is 29.7 Å². The molecule has 0 aliphatic heterocycles. The van der Waals surface area contributed by atoms with Gasteiger partial charge in [-0.05, 0) is 23.6 Å². The maximum atomic E-state index is 6.20. The third kappa shape index (κ3) is 2.63. The third-order valence-electron chi connectivity index (χ3n) is 3.00. The van der Waals surface area contributed by atoms with Crippen molar-refractivity contribution < 1.29 is 0 Å². The van der Waals surface area contributed by atoms with E-state index in [2.05, 4.69) is 24.0 Å². The predicted octanol–water partition coefficient (Wildman–Crippen LogP) is 2.93. The zero-order valence-corrected chi connectivity index (χ0v) is 11.0. The Kier molecular flexibility index (Phi) is 3.84. The van der Waals surface area contributed by atoms with Gasteiger partial charge >= 0.3 is 0 Å². The molecule has 4 heteroatoms. The summed E-state index contributed by atoms with van der Waals surface area (Å²) < 4.78 is 0.